The number of H-pyrrole nitrogens is 1. The van der Waals surface area contributed by atoms with E-state index < -0.39 is 0 Å². The second kappa shape index (κ2) is 4.48. The van der Waals surface area contributed by atoms with Crippen LogP contribution in [-0.2, 0) is 0 Å². The molecule has 0 saturated carbocycles. The number of imidazole rings is 1. The molecule has 2 nitrogen and oxygen atoms in total. The smallest absolute Gasteiger partial charge is 0.151 e. The molecule has 5 heteroatoms. The monoisotopic (exact) mass is 368 g/mol. The molecule has 0 spiro atoms. The average Bonchev–Trinajstić information content (AvgIpc) is 2.74. The van der Waals surface area contributed by atoms with Crippen molar-refractivity contribution < 1.29 is 4.39 Å². The number of hydrogen-bond donors (Lipinski definition) is 1. The van der Waals surface area contributed by atoms with Crippen LogP contribution in [0.2, 0.25) is 0 Å². The first-order chi connectivity index (χ1) is 8.65. The summed E-state index contributed by atoms with van der Waals surface area (Å²) in [7, 11) is 0. The fourth-order valence-corrected chi connectivity index (χ4v) is 3.04. The van der Waals surface area contributed by atoms with E-state index >= 15 is 0 Å². The van der Waals surface area contributed by atoms with Gasteiger partial charge in [0, 0.05) is 14.5 Å². The third kappa shape index (κ3) is 1.97. The third-order valence-corrected chi connectivity index (χ3v) is 3.80. The molecule has 3 rings (SSSR count). The zero-order chi connectivity index (χ0) is 12.7. The van der Waals surface area contributed by atoms with Crippen LogP contribution in [0.15, 0.2) is 45.3 Å². The van der Waals surface area contributed by atoms with Crippen molar-refractivity contribution in [3.05, 3.63) is 51.2 Å². The lowest BCUT2D eigenvalue weighted by Crippen LogP contribution is -1.82. The van der Waals surface area contributed by atoms with Crippen LogP contribution in [-0.4, -0.2) is 9.97 Å². The van der Waals surface area contributed by atoms with Crippen LogP contribution in [0.3, 0.4) is 0 Å². The van der Waals surface area contributed by atoms with Crippen molar-refractivity contribution in [2.45, 2.75) is 0 Å². The Hall–Kier alpha value is -1.20. The minimum absolute atomic E-state index is 0.316. The minimum Gasteiger partial charge on any atom is -0.338 e. The Bertz CT molecular complexity index is 737. The first-order valence-electron chi connectivity index (χ1n) is 5.25. The summed E-state index contributed by atoms with van der Waals surface area (Å²) in [5.41, 5.74) is 1.95. The van der Waals surface area contributed by atoms with E-state index in [-0.39, 0.29) is 5.82 Å². The van der Waals surface area contributed by atoms with Crippen molar-refractivity contribution in [2.75, 3.05) is 0 Å². The normalized spacial score (nSPS) is 11.1. The Morgan fingerprint density at radius 2 is 1.94 bits per heavy atom. The maximum absolute atomic E-state index is 13.6. The van der Waals surface area contributed by atoms with Crippen molar-refractivity contribution in [3.63, 3.8) is 0 Å². The number of halogens is 3. The topological polar surface area (TPSA) is 28.7 Å². The lowest BCUT2D eigenvalue weighted by molar-refractivity contribution is 0.637. The molecule has 0 atom stereocenters. The Morgan fingerprint density at radius 3 is 2.67 bits per heavy atom. The molecule has 0 amide bonds. The Kier molecular flexibility index (Phi) is 2.95. The molecular formula is C13H7Br2FN2. The Morgan fingerprint density at radius 1 is 1.11 bits per heavy atom. The second-order valence-electron chi connectivity index (χ2n) is 3.85. The third-order valence-electron chi connectivity index (χ3n) is 2.65. The van der Waals surface area contributed by atoms with Gasteiger partial charge in [-0.2, -0.15) is 0 Å². The number of aromatic nitrogens is 2. The molecule has 1 heterocycles. The fourth-order valence-electron chi connectivity index (χ4n) is 1.81. The molecule has 3 aromatic rings. The van der Waals surface area contributed by atoms with Crippen LogP contribution in [0.4, 0.5) is 4.39 Å². The predicted molar refractivity (Wildman–Crippen MR) is 76.9 cm³/mol. The van der Waals surface area contributed by atoms with E-state index in [4.69, 9.17) is 0 Å². The summed E-state index contributed by atoms with van der Waals surface area (Å²) >= 11 is 6.87. The second-order valence-corrected chi connectivity index (χ2v) is 5.62. The summed E-state index contributed by atoms with van der Waals surface area (Å²) < 4.78 is 15.5. The van der Waals surface area contributed by atoms with Gasteiger partial charge < -0.3 is 4.98 Å². The number of rotatable bonds is 1. The summed E-state index contributed by atoms with van der Waals surface area (Å²) in [6.07, 6.45) is 0. The van der Waals surface area contributed by atoms with Gasteiger partial charge in [-0.3, -0.25) is 0 Å². The molecule has 0 bridgehead atoms. The summed E-state index contributed by atoms with van der Waals surface area (Å²) in [5.74, 6) is 0.331. The van der Waals surface area contributed by atoms with Crippen molar-refractivity contribution >= 4 is 42.9 Å². The number of nitrogens with one attached hydrogen (secondary N) is 1. The van der Waals surface area contributed by atoms with Gasteiger partial charge in [-0.15, -0.1) is 0 Å². The van der Waals surface area contributed by atoms with E-state index in [1.54, 1.807) is 6.07 Å². The van der Waals surface area contributed by atoms with Gasteiger partial charge in [0.05, 0.1) is 5.52 Å². The van der Waals surface area contributed by atoms with Crippen LogP contribution >= 0.6 is 31.9 Å². The van der Waals surface area contributed by atoms with E-state index in [9.17, 15) is 4.39 Å². The minimum atomic E-state index is -0.316. The molecule has 2 aromatic carbocycles. The highest BCUT2D eigenvalue weighted by molar-refractivity contribution is 9.11. The number of benzene rings is 2. The molecule has 1 aromatic heterocycles. The molecule has 1 N–H and O–H groups in total. The molecule has 0 saturated heterocycles. The molecule has 0 aliphatic carbocycles. The van der Waals surface area contributed by atoms with Crippen molar-refractivity contribution in [3.8, 4) is 11.4 Å². The van der Waals surface area contributed by atoms with E-state index in [0.717, 1.165) is 14.5 Å². The number of fused-ring (bicyclic) bond motifs is 1. The van der Waals surface area contributed by atoms with Gasteiger partial charge in [0.2, 0.25) is 0 Å². The van der Waals surface area contributed by atoms with Crippen molar-refractivity contribution in [1.82, 2.24) is 9.97 Å². The lowest BCUT2D eigenvalue weighted by atomic mass is 10.2. The van der Waals surface area contributed by atoms with Crippen molar-refractivity contribution in [2.24, 2.45) is 0 Å². The largest absolute Gasteiger partial charge is 0.338 e. The van der Waals surface area contributed by atoms with Gasteiger partial charge in [0.15, 0.2) is 5.82 Å². The highest BCUT2D eigenvalue weighted by Crippen LogP contribution is 2.30. The number of aromatic amines is 1. The summed E-state index contributed by atoms with van der Waals surface area (Å²) in [6, 6.07) is 10.6. The zero-order valence-electron chi connectivity index (χ0n) is 9.05. The summed E-state index contributed by atoms with van der Waals surface area (Å²) in [6.45, 7) is 0. The van der Waals surface area contributed by atoms with Gasteiger partial charge in [-0.05, 0) is 46.3 Å². The number of nitrogens with zero attached hydrogens (tertiary/aromatic N) is 1. The van der Waals surface area contributed by atoms with Crippen molar-refractivity contribution in [1.29, 1.82) is 0 Å². The predicted octanol–water partition coefficient (Wildman–Crippen LogP) is 4.89. The van der Waals surface area contributed by atoms with Crippen LogP contribution in [0.1, 0.15) is 0 Å². The first-order valence-corrected chi connectivity index (χ1v) is 6.83. The van der Waals surface area contributed by atoms with E-state index in [1.165, 1.54) is 6.07 Å². The van der Waals surface area contributed by atoms with Gasteiger partial charge in [-0.1, -0.05) is 22.0 Å². The van der Waals surface area contributed by atoms with Crippen LogP contribution < -0.4 is 0 Å². The molecule has 90 valence electrons. The Balaban J connectivity index is 2.23. The standard InChI is InChI=1S/C13H7Br2FN2/c14-7-4-5-8(9(15)6-7)13-17-11-3-1-2-10(16)12(11)18-13/h1-6H,(H,17,18). The Labute approximate surface area is 119 Å². The van der Waals surface area contributed by atoms with Gasteiger partial charge in [-0.25, -0.2) is 9.37 Å². The molecular weight excluding hydrogens is 363 g/mol. The van der Waals surface area contributed by atoms with Gasteiger partial charge in [0.1, 0.15) is 11.3 Å². The average molecular weight is 370 g/mol. The van der Waals surface area contributed by atoms with Gasteiger partial charge >= 0.3 is 0 Å². The van der Waals surface area contributed by atoms with Crippen LogP contribution in [0.25, 0.3) is 22.4 Å². The molecule has 18 heavy (non-hydrogen) atoms. The summed E-state index contributed by atoms with van der Waals surface area (Å²) in [5, 5.41) is 0. The van der Waals surface area contributed by atoms with E-state index in [1.807, 2.05) is 24.3 Å². The summed E-state index contributed by atoms with van der Waals surface area (Å²) in [4.78, 5) is 7.41. The van der Waals surface area contributed by atoms with E-state index in [2.05, 4.69) is 41.8 Å². The maximum atomic E-state index is 13.6. The highest BCUT2D eigenvalue weighted by Gasteiger charge is 2.11. The molecule has 0 aliphatic rings. The molecule has 0 fully saturated rings. The first kappa shape index (κ1) is 11.9. The van der Waals surface area contributed by atoms with Gasteiger partial charge in [0.25, 0.3) is 0 Å². The quantitative estimate of drug-likeness (QED) is 0.649. The van der Waals surface area contributed by atoms with E-state index in [0.29, 0.717) is 16.9 Å². The number of para-hydroxylation sites is 1. The maximum Gasteiger partial charge on any atom is 0.151 e. The molecule has 0 radical (unpaired) electrons. The van der Waals surface area contributed by atoms with Crippen LogP contribution in [0, 0.1) is 5.82 Å². The SMILES string of the molecule is Fc1cccc2[nH]c(-c3ccc(Br)cc3Br)nc12. The number of hydrogen-bond acceptors (Lipinski definition) is 1. The highest BCUT2D eigenvalue weighted by atomic mass is 79.9. The molecule has 0 unspecified atom stereocenters. The lowest BCUT2D eigenvalue weighted by Gasteiger charge is -2.00. The van der Waals surface area contributed by atoms with Crippen LogP contribution in [0.5, 0.6) is 0 Å². The fraction of sp³-hybridized carbons (Fsp3) is 0. The molecule has 0 aliphatic heterocycles. The zero-order valence-corrected chi connectivity index (χ0v) is 12.2.